The highest BCUT2D eigenvalue weighted by atomic mass is 19.1. The fraction of sp³-hybridized carbons (Fsp3) is 0.400. The fourth-order valence-corrected chi connectivity index (χ4v) is 5.33. The summed E-state index contributed by atoms with van der Waals surface area (Å²) >= 11 is 0. The van der Waals surface area contributed by atoms with Gasteiger partial charge in [-0.15, -0.1) is 0 Å². The number of hydrogen-bond donors (Lipinski definition) is 2. The number of benzene rings is 2. The maximum atomic E-state index is 13.4. The monoisotopic (exact) mass is 452 g/mol. The third-order valence-corrected chi connectivity index (χ3v) is 6.65. The highest BCUT2D eigenvalue weighted by Crippen LogP contribution is 2.47. The Bertz CT molecular complexity index is 1050. The van der Waals surface area contributed by atoms with Crippen LogP contribution in [0.4, 0.5) is 10.1 Å². The van der Waals surface area contributed by atoms with E-state index in [-0.39, 0.29) is 36.2 Å². The molecule has 2 saturated heterocycles. The second-order valence-corrected chi connectivity index (χ2v) is 8.99. The van der Waals surface area contributed by atoms with Gasteiger partial charge in [0.05, 0.1) is 18.1 Å². The number of rotatable bonds is 5. The van der Waals surface area contributed by atoms with E-state index >= 15 is 0 Å². The lowest BCUT2D eigenvalue weighted by molar-refractivity contribution is -0.130. The van der Waals surface area contributed by atoms with E-state index in [4.69, 9.17) is 0 Å². The van der Waals surface area contributed by atoms with E-state index in [1.165, 1.54) is 19.1 Å². The largest absolute Gasteiger partial charge is 0.349 e. The second-order valence-electron chi connectivity index (χ2n) is 8.99. The standard InChI is InChI=1S/C25H29FN4O3/c1-17(31)28-25-11-12-29(15-23(33)27-21-10-6-9-20(26)13-21)14-22(25)24(30(16-25)18(2)32)19-7-4-3-5-8-19/h3-10,13,22,24H,11-12,14-16H2,1-2H3,(H,27,33)(H,28,31)/t22-,24-,25-/m1/s1. The number of piperidine rings is 1. The third-order valence-electron chi connectivity index (χ3n) is 6.65. The van der Waals surface area contributed by atoms with E-state index < -0.39 is 11.4 Å². The number of nitrogens with one attached hydrogen (secondary N) is 2. The second kappa shape index (κ2) is 9.31. The molecular weight excluding hydrogens is 423 g/mol. The first-order chi connectivity index (χ1) is 15.8. The molecule has 3 atom stereocenters. The minimum Gasteiger partial charge on any atom is -0.349 e. The molecule has 0 aliphatic carbocycles. The molecule has 4 rings (SSSR count). The molecule has 0 spiro atoms. The lowest BCUT2D eigenvalue weighted by Gasteiger charge is -2.44. The molecule has 2 aromatic carbocycles. The molecule has 0 bridgehead atoms. The molecule has 0 radical (unpaired) electrons. The topological polar surface area (TPSA) is 81.8 Å². The van der Waals surface area contributed by atoms with Crippen molar-refractivity contribution in [3.63, 3.8) is 0 Å². The van der Waals surface area contributed by atoms with E-state index in [0.717, 1.165) is 5.56 Å². The summed E-state index contributed by atoms with van der Waals surface area (Å²) in [7, 11) is 0. The molecule has 2 aliphatic heterocycles. The van der Waals surface area contributed by atoms with Crippen LogP contribution in [-0.4, -0.2) is 59.2 Å². The molecule has 0 unspecified atom stereocenters. The molecule has 8 heteroatoms. The summed E-state index contributed by atoms with van der Waals surface area (Å²) in [5.74, 6) is -0.895. The van der Waals surface area contributed by atoms with Crippen molar-refractivity contribution in [2.24, 2.45) is 5.92 Å². The van der Waals surface area contributed by atoms with Crippen LogP contribution in [0.5, 0.6) is 0 Å². The average molecular weight is 453 g/mol. The van der Waals surface area contributed by atoms with Crippen LogP contribution in [0.2, 0.25) is 0 Å². The van der Waals surface area contributed by atoms with Gasteiger partial charge in [0, 0.05) is 45.1 Å². The minimum atomic E-state index is -0.548. The SMILES string of the molecule is CC(=O)N[C@@]12CCN(CC(=O)Nc3cccc(F)c3)C[C@@H]1[C@@H](c1ccccc1)N(C(C)=O)C2. The van der Waals surface area contributed by atoms with Crippen molar-refractivity contribution in [3.8, 4) is 0 Å². The number of carbonyl (C=O) groups is 3. The third kappa shape index (κ3) is 4.90. The molecule has 0 aromatic heterocycles. The van der Waals surface area contributed by atoms with Gasteiger partial charge in [-0.25, -0.2) is 4.39 Å². The van der Waals surface area contributed by atoms with Crippen molar-refractivity contribution in [3.05, 3.63) is 66.0 Å². The molecule has 174 valence electrons. The Labute approximate surface area is 192 Å². The van der Waals surface area contributed by atoms with E-state index in [1.54, 1.807) is 19.1 Å². The van der Waals surface area contributed by atoms with E-state index in [9.17, 15) is 18.8 Å². The van der Waals surface area contributed by atoms with Crippen LogP contribution in [0.25, 0.3) is 0 Å². The average Bonchev–Trinajstić information content (AvgIpc) is 3.08. The van der Waals surface area contributed by atoms with Gasteiger partial charge in [0.25, 0.3) is 0 Å². The lowest BCUT2D eigenvalue weighted by Crippen LogP contribution is -2.61. The highest BCUT2D eigenvalue weighted by molar-refractivity contribution is 5.92. The van der Waals surface area contributed by atoms with Gasteiger partial charge in [0.2, 0.25) is 17.7 Å². The van der Waals surface area contributed by atoms with Gasteiger partial charge in [0.1, 0.15) is 5.82 Å². The molecule has 7 nitrogen and oxygen atoms in total. The quantitative estimate of drug-likeness (QED) is 0.731. The molecule has 3 amide bonds. The van der Waals surface area contributed by atoms with Crippen molar-refractivity contribution in [2.75, 3.05) is 31.5 Å². The maximum absolute atomic E-state index is 13.4. The van der Waals surface area contributed by atoms with Crippen LogP contribution in [0.1, 0.15) is 31.9 Å². The molecule has 2 aliphatic rings. The van der Waals surface area contributed by atoms with E-state index in [2.05, 4.69) is 10.6 Å². The van der Waals surface area contributed by atoms with Crippen molar-refractivity contribution in [1.29, 1.82) is 0 Å². The predicted octanol–water partition coefficient (Wildman–Crippen LogP) is 2.56. The molecule has 2 N–H and O–H groups in total. The lowest BCUT2D eigenvalue weighted by atomic mass is 9.75. The van der Waals surface area contributed by atoms with Gasteiger partial charge in [-0.2, -0.15) is 0 Å². The molecular formula is C25H29FN4O3. The number of amides is 3. The van der Waals surface area contributed by atoms with Crippen LogP contribution in [0.3, 0.4) is 0 Å². The maximum Gasteiger partial charge on any atom is 0.238 e. The molecule has 2 heterocycles. The van der Waals surface area contributed by atoms with Gasteiger partial charge in [-0.1, -0.05) is 36.4 Å². The van der Waals surface area contributed by atoms with Crippen molar-refractivity contribution >= 4 is 23.4 Å². The van der Waals surface area contributed by atoms with Crippen molar-refractivity contribution in [1.82, 2.24) is 15.1 Å². The van der Waals surface area contributed by atoms with Gasteiger partial charge >= 0.3 is 0 Å². The summed E-state index contributed by atoms with van der Waals surface area (Å²) in [6, 6.07) is 15.4. The van der Waals surface area contributed by atoms with Gasteiger partial charge < -0.3 is 15.5 Å². The van der Waals surface area contributed by atoms with Gasteiger partial charge in [-0.05, 0) is 30.2 Å². The first-order valence-corrected chi connectivity index (χ1v) is 11.2. The smallest absolute Gasteiger partial charge is 0.238 e. The van der Waals surface area contributed by atoms with Gasteiger partial charge in [-0.3, -0.25) is 19.3 Å². The van der Waals surface area contributed by atoms with E-state index in [1.807, 2.05) is 40.1 Å². The number of likely N-dealkylation sites (tertiary alicyclic amines) is 2. The minimum absolute atomic E-state index is 0.0432. The zero-order valence-corrected chi connectivity index (χ0v) is 18.9. The first kappa shape index (κ1) is 22.9. The summed E-state index contributed by atoms with van der Waals surface area (Å²) in [6.45, 7) is 4.78. The Balaban J connectivity index is 1.57. The van der Waals surface area contributed by atoms with Crippen LogP contribution >= 0.6 is 0 Å². The van der Waals surface area contributed by atoms with Crippen LogP contribution in [-0.2, 0) is 14.4 Å². The molecule has 2 aromatic rings. The Morgan fingerprint density at radius 2 is 1.85 bits per heavy atom. The molecule has 33 heavy (non-hydrogen) atoms. The summed E-state index contributed by atoms with van der Waals surface area (Å²) < 4.78 is 13.4. The zero-order valence-electron chi connectivity index (χ0n) is 18.9. The van der Waals surface area contributed by atoms with Gasteiger partial charge in [0.15, 0.2) is 0 Å². The van der Waals surface area contributed by atoms with E-state index in [0.29, 0.717) is 31.7 Å². The van der Waals surface area contributed by atoms with Crippen LogP contribution in [0.15, 0.2) is 54.6 Å². The summed E-state index contributed by atoms with van der Waals surface area (Å²) in [5.41, 5.74) is 0.875. The fourth-order valence-electron chi connectivity index (χ4n) is 5.33. The van der Waals surface area contributed by atoms with Crippen molar-refractivity contribution in [2.45, 2.75) is 31.8 Å². The predicted molar refractivity (Wildman–Crippen MR) is 123 cm³/mol. The number of halogens is 1. The Morgan fingerprint density at radius 1 is 1.09 bits per heavy atom. The summed E-state index contributed by atoms with van der Waals surface area (Å²) in [6.07, 6.45) is 0.623. The normalized spacial score (nSPS) is 24.8. The number of anilines is 1. The summed E-state index contributed by atoms with van der Waals surface area (Å²) in [5, 5.41) is 5.91. The van der Waals surface area contributed by atoms with Crippen LogP contribution < -0.4 is 10.6 Å². The highest BCUT2D eigenvalue weighted by Gasteiger charge is 2.56. The van der Waals surface area contributed by atoms with Crippen LogP contribution in [0, 0.1) is 11.7 Å². The Kier molecular flexibility index (Phi) is 6.47. The number of hydrogen-bond acceptors (Lipinski definition) is 4. The Morgan fingerprint density at radius 3 is 2.52 bits per heavy atom. The number of fused-ring (bicyclic) bond motifs is 1. The number of nitrogens with zero attached hydrogens (tertiary/aromatic N) is 2. The Hall–Kier alpha value is -3.26. The molecule has 2 fully saturated rings. The van der Waals surface area contributed by atoms with Crippen molar-refractivity contribution < 1.29 is 18.8 Å². The molecule has 0 saturated carbocycles. The number of carbonyl (C=O) groups excluding carboxylic acids is 3. The summed E-state index contributed by atoms with van der Waals surface area (Å²) in [4.78, 5) is 41.3. The first-order valence-electron chi connectivity index (χ1n) is 11.2. The zero-order chi connectivity index (χ0) is 23.6.